The fourth-order valence-corrected chi connectivity index (χ4v) is 1.86. The van der Waals surface area contributed by atoms with E-state index in [0.717, 1.165) is 30.5 Å². The van der Waals surface area contributed by atoms with Crippen LogP contribution in [0.25, 0.3) is 0 Å². The molecule has 0 aliphatic heterocycles. The van der Waals surface area contributed by atoms with E-state index in [1.807, 2.05) is 31.3 Å². The third-order valence-corrected chi connectivity index (χ3v) is 3.05. The van der Waals surface area contributed by atoms with Gasteiger partial charge in [0.15, 0.2) is 0 Å². The van der Waals surface area contributed by atoms with Gasteiger partial charge in [-0.2, -0.15) is 0 Å². The molecule has 1 amide bonds. The first-order valence-electron chi connectivity index (χ1n) is 6.59. The van der Waals surface area contributed by atoms with Gasteiger partial charge in [-0.3, -0.25) is 4.79 Å². The van der Waals surface area contributed by atoms with Gasteiger partial charge in [-0.25, -0.2) is 0 Å². The van der Waals surface area contributed by atoms with Gasteiger partial charge in [0, 0.05) is 19.2 Å². The fraction of sp³-hybridized carbons (Fsp3) is 0.533. The predicted molar refractivity (Wildman–Crippen MR) is 75.6 cm³/mol. The van der Waals surface area contributed by atoms with E-state index < -0.39 is 0 Å². The summed E-state index contributed by atoms with van der Waals surface area (Å²) in [5.74, 6) is 0.708. The van der Waals surface area contributed by atoms with Crippen molar-refractivity contribution in [2.75, 3.05) is 20.1 Å². The molecule has 0 saturated carbocycles. The molecule has 0 radical (unpaired) electrons. The molecule has 18 heavy (non-hydrogen) atoms. The average Bonchev–Trinajstić information content (AvgIpc) is 2.36. The van der Waals surface area contributed by atoms with Gasteiger partial charge >= 0.3 is 0 Å². The van der Waals surface area contributed by atoms with Crippen LogP contribution in [-0.2, 0) is 6.42 Å². The standard InChI is InChI=1S/C15H24N2O/c1-12(2)9-11-17(3)15(18)14-7-5-4-6-13(14)8-10-16/h4-7,12H,8-11,16H2,1-3H3. The van der Waals surface area contributed by atoms with Crippen molar-refractivity contribution in [2.45, 2.75) is 26.7 Å². The lowest BCUT2D eigenvalue weighted by Gasteiger charge is -2.20. The molecule has 0 bridgehead atoms. The van der Waals surface area contributed by atoms with Crippen LogP contribution < -0.4 is 5.73 Å². The van der Waals surface area contributed by atoms with Gasteiger partial charge in [-0.15, -0.1) is 0 Å². The summed E-state index contributed by atoms with van der Waals surface area (Å²) in [6.45, 7) is 5.70. The Morgan fingerprint density at radius 3 is 2.61 bits per heavy atom. The van der Waals surface area contributed by atoms with Gasteiger partial charge in [0.05, 0.1) is 0 Å². The highest BCUT2D eigenvalue weighted by Gasteiger charge is 2.14. The number of benzene rings is 1. The van der Waals surface area contributed by atoms with Crippen molar-refractivity contribution in [3.8, 4) is 0 Å². The number of nitrogens with two attached hydrogens (primary N) is 1. The van der Waals surface area contributed by atoms with E-state index in [9.17, 15) is 4.79 Å². The Balaban J connectivity index is 2.76. The molecule has 0 saturated heterocycles. The zero-order valence-electron chi connectivity index (χ0n) is 11.6. The molecule has 0 spiro atoms. The number of amides is 1. The van der Waals surface area contributed by atoms with Crippen molar-refractivity contribution in [1.82, 2.24) is 4.90 Å². The highest BCUT2D eigenvalue weighted by atomic mass is 16.2. The van der Waals surface area contributed by atoms with E-state index in [-0.39, 0.29) is 5.91 Å². The molecule has 3 heteroatoms. The summed E-state index contributed by atoms with van der Waals surface area (Å²) in [4.78, 5) is 14.1. The smallest absolute Gasteiger partial charge is 0.253 e. The summed E-state index contributed by atoms with van der Waals surface area (Å²) < 4.78 is 0. The van der Waals surface area contributed by atoms with Crippen LogP contribution >= 0.6 is 0 Å². The molecular weight excluding hydrogens is 224 g/mol. The van der Waals surface area contributed by atoms with Gasteiger partial charge in [0.2, 0.25) is 0 Å². The molecular formula is C15H24N2O. The van der Waals surface area contributed by atoms with Crippen LogP contribution in [0.5, 0.6) is 0 Å². The highest BCUT2D eigenvalue weighted by molar-refractivity contribution is 5.95. The largest absolute Gasteiger partial charge is 0.342 e. The minimum atomic E-state index is 0.0969. The number of nitrogens with zero attached hydrogens (tertiary/aromatic N) is 1. The van der Waals surface area contributed by atoms with Crippen molar-refractivity contribution >= 4 is 5.91 Å². The minimum absolute atomic E-state index is 0.0969. The van der Waals surface area contributed by atoms with E-state index in [1.165, 1.54) is 0 Å². The molecule has 2 N–H and O–H groups in total. The molecule has 100 valence electrons. The summed E-state index contributed by atoms with van der Waals surface area (Å²) in [6.07, 6.45) is 1.78. The summed E-state index contributed by atoms with van der Waals surface area (Å²) >= 11 is 0. The van der Waals surface area contributed by atoms with Gasteiger partial charge in [-0.1, -0.05) is 32.0 Å². The molecule has 0 unspecified atom stereocenters. The molecule has 1 aromatic rings. The Morgan fingerprint density at radius 2 is 2.00 bits per heavy atom. The Hall–Kier alpha value is -1.35. The first kappa shape index (κ1) is 14.7. The number of hydrogen-bond donors (Lipinski definition) is 1. The number of carbonyl (C=O) groups is 1. The van der Waals surface area contributed by atoms with E-state index in [1.54, 1.807) is 4.90 Å². The van der Waals surface area contributed by atoms with Gasteiger partial charge in [-0.05, 0) is 36.9 Å². The zero-order chi connectivity index (χ0) is 13.5. The summed E-state index contributed by atoms with van der Waals surface area (Å²) in [5, 5.41) is 0. The zero-order valence-corrected chi connectivity index (χ0v) is 11.6. The van der Waals surface area contributed by atoms with E-state index in [2.05, 4.69) is 13.8 Å². The van der Waals surface area contributed by atoms with Crippen molar-refractivity contribution in [3.05, 3.63) is 35.4 Å². The topological polar surface area (TPSA) is 46.3 Å². The number of hydrogen-bond acceptors (Lipinski definition) is 2. The highest BCUT2D eigenvalue weighted by Crippen LogP contribution is 2.12. The lowest BCUT2D eigenvalue weighted by Crippen LogP contribution is -2.29. The SMILES string of the molecule is CC(C)CCN(C)C(=O)c1ccccc1CCN. The normalized spacial score (nSPS) is 10.7. The number of carbonyl (C=O) groups excluding carboxylic acids is 1. The lowest BCUT2D eigenvalue weighted by atomic mass is 10.0. The predicted octanol–water partition coefficient (Wildman–Crippen LogP) is 2.31. The second-order valence-electron chi connectivity index (χ2n) is 5.11. The molecule has 0 atom stereocenters. The van der Waals surface area contributed by atoms with Crippen molar-refractivity contribution in [3.63, 3.8) is 0 Å². The van der Waals surface area contributed by atoms with E-state index >= 15 is 0 Å². The van der Waals surface area contributed by atoms with Crippen LogP contribution in [0.1, 0.15) is 36.2 Å². The van der Waals surface area contributed by atoms with Crippen molar-refractivity contribution < 1.29 is 4.79 Å². The Morgan fingerprint density at radius 1 is 1.33 bits per heavy atom. The molecule has 0 heterocycles. The Kier molecular flexibility index (Phi) is 5.86. The van der Waals surface area contributed by atoms with Crippen LogP contribution in [0, 0.1) is 5.92 Å². The van der Waals surface area contributed by atoms with Gasteiger partial charge < -0.3 is 10.6 Å². The van der Waals surface area contributed by atoms with Gasteiger partial charge in [0.25, 0.3) is 5.91 Å². The second kappa shape index (κ2) is 7.17. The van der Waals surface area contributed by atoms with Crippen molar-refractivity contribution in [1.29, 1.82) is 0 Å². The van der Waals surface area contributed by atoms with Crippen molar-refractivity contribution in [2.24, 2.45) is 11.7 Å². The molecule has 3 nitrogen and oxygen atoms in total. The molecule has 0 aromatic heterocycles. The molecule has 1 aromatic carbocycles. The average molecular weight is 248 g/mol. The third kappa shape index (κ3) is 4.15. The van der Waals surface area contributed by atoms with E-state index in [0.29, 0.717) is 12.5 Å². The summed E-state index contributed by atoms with van der Waals surface area (Å²) in [7, 11) is 1.87. The monoisotopic (exact) mass is 248 g/mol. The number of rotatable bonds is 6. The first-order chi connectivity index (χ1) is 8.56. The van der Waals surface area contributed by atoms with E-state index in [4.69, 9.17) is 5.73 Å². The van der Waals surface area contributed by atoms with Crippen LogP contribution in [0.4, 0.5) is 0 Å². The third-order valence-electron chi connectivity index (χ3n) is 3.05. The minimum Gasteiger partial charge on any atom is -0.342 e. The van der Waals surface area contributed by atoms with Crippen LogP contribution in [0.3, 0.4) is 0 Å². The quantitative estimate of drug-likeness (QED) is 0.839. The molecule has 1 rings (SSSR count). The van der Waals surface area contributed by atoms with Crippen LogP contribution in [0.2, 0.25) is 0 Å². The fourth-order valence-electron chi connectivity index (χ4n) is 1.86. The maximum Gasteiger partial charge on any atom is 0.253 e. The summed E-state index contributed by atoms with van der Waals surface area (Å²) in [5.41, 5.74) is 7.41. The summed E-state index contributed by atoms with van der Waals surface area (Å²) in [6, 6.07) is 7.73. The maximum atomic E-state index is 12.3. The maximum absolute atomic E-state index is 12.3. The first-order valence-corrected chi connectivity index (χ1v) is 6.59. The van der Waals surface area contributed by atoms with Crippen LogP contribution in [-0.4, -0.2) is 30.9 Å². The molecule has 0 aliphatic carbocycles. The van der Waals surface area contributed by atoms with Gasteiger partial charge in [0.1, 0.15) is 0 Å². The molecule has 0 aliphatic rings. The lowest BCUT2D eigenvalue weighted by molar-refractivity contribution is 0.0788. The van der Waals surface area contributed by atoms with Crippen LogP contribution in [0.15, 0.2) is 24.3 Å². The Bertz CT molecular complexity index is 388. The Labute approximate surface area is 110 Å². The second-order valence-corrected chi connectivity index (χ2v) is 5.11. The molecule has 0 fully saturated rings.